The summed E-state index contributed by atoms with van der Waals surface area (Å²) in [6, 6.07) is 7.47. The van der Waals surface area contributed by atoms with Gasteiger partial charge in [0, 0.05) is 12.1 Å². The number of amides is 1. The summed E-state index contributed by atoms with van der Waals surface area (Å²) in [6.07, 6.45) is 1.52. The van der Waals surface area contributed by atoms with E-state index in [9.17, 15) is 4.79 Å². The fourth-order valence-corrected chi connectivity index (χ4v) is 2.68. The molecule has 19 heavy (non-hydrogen) atoms. The number of halogens is 1. The van der Waals surface area contributed by atoms with Crippen molar-refractivity contribution in [2.24, 2.45) is 11.1 Å². The second-order valence-corrected chi connectivity index (χ2v) is 5.97. The lowest BCUT2D eigenvalue weighted by atomic mass is 10.0. The summed E-state index contributed by atoms with van der Waals surface area (Å²) in [5, 5.41) is 0.667. The van der Waals surface area contributed by atoms with Crippen LogP contribution in [0.3, 0.4) is 0 Å². The van der Waals surface area contributed by atoms with Gasteiger partial charge in [0.15, 0.2) is 0 Å². The van der Waals surface area contributed by atoms with E-state index in [1.54, 1.807) is 11.9 Å². The molecule has 0 bridgehead atoms. The van der Waals surface area contributed by atoms with Crippen LogP contribution in [0.5, 0.6) is 0 Å². The molecule has 1 aliphatic rings. The number of carbonyl (C=O) groups is 1. The van der Waals surface area contributed by atoms with Gasteiger partial charge < -0.3 is 10.6 Å². The second kappa shape index (κ2) is 5.10. The minimum absolute atomic E-state index is 0.00692. The molecule has 1 unspecified atom stereocenters. The van der Waals surface area contributed by atoms with Gasteiger partial charge in [0.25, 0.3) is 0 Å². The van der Waals surface area contributed by atoms with Gasteiger partial charge in [0.2, 0.25) is 5.91 Å². The fraction of sp³-hybridized carbons (Fsp3) is 0.429. The van der Waals surface area contributed by atoms with Crippen molar-refractivity contribution >= 4 is 34.7 Å². The van der Waals surface area contributed by atoms with Crippen LogP contribution < -0.4 is 5.73 Å². The van der Waals surface area contributed by atoms with E-state index in [1.165, 1.54) is 0 Å². The maximum absolute atomic E-state index is 12.5. The van der Waals surface area contributed by atoms with E-state index in [0.717, 1.165) is 18.4 Å². The van der Waals surface area contributed by atoms with Crippen molar-refractivity contribution in [1.82, 2.24) is 4.90 Å². The van der Waals surface area contributed by atoms with E-state index in [2.05, 4.69) is 0 Å². The molecule has 0 heterocycles. The van der Waals surface area contributed by atoms with Gasteiger partial charge in [-0.1, -0.05) is 36.0 Å². The zero-order valence-electron chi connectivity index (χ0n) is 11.0. The molecule has 0 spiro atoms. The van der Waals surface area contributed by atoms with E-state index >= 15 is 0 Å². The Labute approximate surface area is 123 Å². The number of rotatable bonds is 4. The standard InChI is InChI=1S/C14H17ClN2OS/c1-9(10-4-3-5-11(15)8-10)17(2)13(18)14(6-7-14)12(16)19/h3-5,8-9H,6-7H2,1-2H3,(H2,16,19). The summed E-state index contributed by atoms with van der Waals surface area (Å²) >= 11 is 11.0. The van der Waals surface area contributed by atoms with Crippen molar-refractivity contribution in [3.8, 4) is 0 Å². The molecule has 1 atom stereocenters. The number of nitrogens with two attached hydrogens (primary N) is 1. The normalized spacial score (nSPS) is 17.6. The minimum Gasteiger partial charge on any atom is -0.392 e. The van der Waals surface area contributed by atoms with Gasteiger partial charge in [-0.3, -0.25) is 4.79 Å². The fourth-order valence-electron chi connectivity index (χ4n) is 2.19. The number of hydrogen-bond donors (Lipinski definition) is 1. The van der Waals surface area contributed by atoms with Gasteiger partial charge in [-0.25, -0.2) is 0 Å². The highest BCUT2D eigenvalue weighted by molar-refractivity contribution is 7.80. The summed E-state index contributed by atoms with van der Waals surface area (Å²) in [6.45, 7) is 1.97. The monoisotopic (exact) mass is 296 g/mol. The van der Waals surface area contributed by atoms with Crippen LogP contribution in [-0.4, -0.2) is 22.8 Å². The Morgan fingerprint density at radius 3 is 2.63 bits per heavy atom. The third kappa shape index (κ3) is 2.60. The first-order valence-corrected chi connectivity index (χ1v) is 7.00. The molecule has 5 heteroatoms. The zero-order valence-corrected chi connectivity index (χ0v) is 12.6. The number of carbonyl (C=O) groups excluding carboxylic acids is 1. The maximum atomic E-state index is 12.5. The Kier molecular flexibility index (Phi) is 3.83. The lowest BCUT2D eigenvalue weighted by Gasteiger charge is -2.29. The molecule has 2 N–H and O–H groups in total. The third-order valence-electron chi connectivity index (χ3n) is 3.86. The molecular formula is C14H17ClN2OS. The zero-order chi connectivity index (χ0) is 14.2. The van der Waals surface area contributed by atoms with Crippen molar-refractivity contribution in [2.45, 2.75) is 25.8 Å². The van der Waals surface area contributed by atoms with E-state index in [0.29, 0.717) is 10.0 Å². The molecule has 1 saturated carbocycles. The Hall–Kier alpha value is -1.13. The van der Waals surface area contributed by atoms with Crippen LogP contribution in [0.25, 0.3) is 0 Å². The summed E-state index contributed by atoms with van der Waals surface area (Å²) in [4.78, 5) is 14.5. The number of hydrogen-bond acceptors (Lipinski definition) is 2. The third-order valence-corrected chi connectivity index (χ3v) is 4.49. The van der Waals surface area contributed by atoms with Gasteiger partial charge in [0.05, 0.1) is 16.4 Å². The van der Waals surface area contributed by atoms with Crippen LogP contribution in [0.2, 0.25) is 5.02 Å². The highest BCUT2D eigenvalue weighted by atomic mass is 35.5. The molecule has 102 valence electrons. The quantitative estimate of drug-likeness (QED) is 0.869. The summed E-state index contributed by atoms with van der Waals surface area (Å²) in [5.41, 5.74) is 6.10. The molecule has 0 radical (unpaired) electrons. The first kappa shape index (κ1) is 14.3. The van der Waals surface area contributed by atoms with Gasteiger partial charge in [-0.05, 0) is 37.5 Å². The highest BCUT2D eigenvalue weighted by Gasteiger charge is 2.54. The molecule has 1 fully saturated rings. The Balaban J connectivity index is 2.18. The van der Waals surface area contributed by atoms with Crippen molar-refractivity contribution in [3.05, 3.63) is 34.9 Å². The maximum Gasteiger partial charge on any atom is 0.235 e. The first-order chi connectivity index (χ1) is 8.88. The number of nitrogens with zero attached hydrogens (tertiary/aromatic N) is 1. The average molecular weight is 297 g/mol. The molecule has 1 amide bonds. The van der Waals surface area contributed by atoms with Gasteiger partial charge >= 0.3 is 0 Å². The molecule has 2 rings (SSSR count). The van der Waals surface area contributed by atoms with Crippen molar-refractivity contribution in [3.63, 3.8) is 0 Å². The smallest absolute Gasteiger partial charge is 0.235 e. The van der Waals surface area contributed by atoms with Crippen LogP contribution in [0.4, 0.5) is 0 Å². The predicted octanol–water partition coefficient (Wildman–Crippen LogP) is 2.93. The van der Waals surface area contributed by atoms with Crippen molar-refractivity contribution < 1.29 is 4.79 Å². The van der Waals surface area contributed by atoms with E-state index in [4.69, 9.17) is 29.6 Å². The molecule has 0 saturated heterocycles. The first-order valence-electron chi connectivity index (χ1n) is 6.21. The molecule has 0 aromatic heterocycles. The van der Waals surface area contributed by atoms with Gasteiger partial charge in [0.1, 0.15) is 0 Å². The van der Waals surface area contributed by atoms with Gasteiger partial charge in [-0.15, -0.1) is 0 Å². The minimum atomic E-state index is -0.600. The predicted molar refractivity (Wildman–Crippen MR) is 81.1 cm³/mol. The Morgan fingerprint density at radius 2 is 2.16 bits per heavy atom. The largest absolute Gasteiger partial charge is 0.392 e. The van der Waals surface area contributed by atoms with E-state index in [1.807, 2.05) is 31.2 Å². The van der Waals surface area contributed by atoms with Crippen LogP contribution >= 0.6 is 23.8 Å². The van der Waals surface area contributed by atoms with Crippen LogP contribution in [0, 0.1) is 5.41 Å². The van der Waals surface area contributed by atoms with Crippen molar-refractivity contribution in [2.75, 3.05) is 7.05 Å². The lowest BCUT2D eigenvalue weighted by Crippen LogP contribution is -2.41. The highest BCUT2D eigenvalue weighted by Crippen LogP contribution is 2.48. The summed E-state index contributed by atoms with van der Waals surface area (Å²) < 4.78 is 0. The van der Waals surface area contributed by atoms with Crippen LogP contribution in [0.1, 0.15) is 31.4 Å². The molecule has 1 aromatic rings. The SMILES string of the molecule is CC(c1cccc(Cl)c1)N(C)C(=O)C1(C(N)=S)CC1. The molecule has 1 aromatic carbocycles. The molecular weight excluding hydrogens is 280 g/mol. The van der Waals surface area contributed by atoms with Gasteiger partial charge in [-0.2, -0.15) is 0 Å². The topological polar surface area (TPSA) is 46.3 Å². The van der Waals surface area contributed by atoms with Crippen molar-refractivity contribution in [1.29, 1.82) is 0 Å². The van der Waals surface area contributed by atoms with Crippen LogP contribution in [0.15, 0.2) is 24.3 Å². The molecule has 1 aliphatic carbocycles. The summed E-state index contributed by atoms with van der Waals surface area (Å²) in [5.74, 6) is 0.00692. The lowest BCUT2D eigenvalue weighted by molar-refractivity contribution is -0.135. The molecule has 3 nitrogen and oxygen atoms in total. The Morgan fingerprint density at radius 1 is 1.53 bits per heavy atom. The number of thiocarbonyl (C=S) groups is 1. The number of benzene rings is 1. The summed E-state index contributed by atoms with van der Waals surface area (Å²) in [7, 11) is 1.78. The Bertz CT molecular complexity index is 528. The average Bonchev–Trinajstić information content (AvgIpc) is 3.17. The van der Waals surface area contributed by atoms with E-state index in [-0.39, 0.29) is 11.9 Å². The molecule has 0 aliphatic heterocycles. The van der Waals surface area contributed by atoms with Crippen LogP contribution in [-0.2, 0) is 4.79 Å². The van der Waals surface area contributed by atoms with E-state index < -0.39 is 5.41 Å². The second-order valence-electron chi connectivity index (χ2n) is 5.09.